The van der Waals surface area contributed by atoms with Crippen molar-refractivity contribution in [2.24, 2.45) is 0 Å². The van der Waals surface area contributed by atoms with Gasteiger partial charge >= 0.3 is 5.97 Å². The Kier molecular flexibility index (Phi) is 2.76. The van der Waals surface area contributed by atoms with Crippen molar-refractivity contribution in [2.45, 2.75) is 6.92 Å². The molecule has 18 heavy (non-hydrogen) atoms. The van der Waals surface area contributed by atoms with Gasteiger partial charge in [-0.15, -0.1) is 0 Å². The van der Waals surface area contributed by atoms with Crippen molar-refractivity contribution < 1.29 is 14.8 Å². The van der Waals surface area contributed by atoms with Crippen molar-refractivity contribution in [1.29, 1.82) is 0 Å². The summed E-state index contributed by atoms with van der Waals surface area (Å²) in [5.41, 5.74) is 0.321. The molecule has 0 aliphatic heterocycles. The van der Waals surface area contributed by atoms with Gasteiger partial charge in [0.2, 0.25) is 0 Å². The second-order valence-electron chi connectivity index (χ2n) is 3.56. The van der Waals surface area contributed by atoms with Gasteiger partial charge < -0.3 is 5.11 Å². The third-order valence-electron chi connectivity index (χ3n) is 2.32. The molecule has 0 saturated heterocycles. The fourth-order valence-electron chi connectivity index (χ4n) is 1.38. The van der Waals surface area contributed by atoms with Crippen LogP contribution in [0.25, 0.3) is 5.82 Å². The van der Waals surface area contributed by atoms with Crippen LogP contribution < -0.4 is 0 Å². The minimum Gasteiger partial charge on any atom is -0.478 e. The lowest BCUT2D eigenvalue weighted by atomic mass is 10.2. The molecule has 0 bridgehead atoms. The molecule has 0 aliphatic rings. The maximum absolute atomic E-state index is 10.8. The SMILES string of the molecule is Cc1cnc(-n2cc(C(=O)O)cn2)cc1[N+](=O)[O-]. The number of aromatic carboxylic acids is 1. The molecule has 8 heteroatoms. The van der Waals surface area contributed by atoms with E-state index in [1.54, 1.807) is 6.92 Å². The molecule has 0 amide bonds. The van der Waals surface area contributed by atoms with E-state index in [4.69, 9.17) is 5.11 Å². The number of rotatable bonds is 3. The van der Waals surface area contributed by atoms with Crippen molar-refractivity contribution in [2.75, 3.05) is 0 Å². The van der Waals surface area contributed by atoms with E-state index in [0.717, 1.165) is 6.20 Å². The van der Waals surface area contributed by atoms with E-state index in [9.17, 15) is 14.9 Å². The zero-order chi connectivity index (χ0) is 13.3. The number of hydrogen-bond donors (Lipinski definition) is 1. The van der Waals surface area contributed by atoms with Gasteiger partial charge in [0.25, 0.3) is 5.69 Å². The second kappa shape index (κ2) is 4.24. The van der Waals surface area contributed by atoms with Gasteiger partial charge in [0.1, 0.15) is 0 Å². The average molecular weight is 248 g/mol. The number of nitro groups is 1. The van der Waals surface area contributed by atoms with Crippen LogP contribution in [0.4, 0.5) is 5.69 Å². The van der Waals surface area contributed by atoms with Crippen LogP contribution in [0.1, 0.15) is 15.9 Å². The van der Waals surface area contributed by atoms with Crippen LogP contribution in [0.3, 0.4) is 0 Å². The molecule has 8 nitrogen and oxygen atoms in total. The molecule has 1 N–H and O–H groups in total. The maximum Gasteiger partial charge on any atom is 0.338 e. The molecule has 2 aromatic heterocycles. The zero-order valence-electron chi connectivity index (χ0n) is 9.27. The third-order valence-corrected chi connectivity index (χ3v) is 2.32. The fourth-order valence-corrected chi connectivity index (χ4v) is 1.38. The van der Waals surface area contributed by atoms with E-state index in [1.165, 1.54) is 23.1 Å². The molecule has 2 rings (SSSR count). The first-order valence-electron chi connectivity index (χ1n) is 4.88. The van der Waals surface area contributed by atoms with Gasteiger partial charge in [-0.3, -0.25) is 10.1 Å². The van der Waals surface area contributed by atoms with Crippen molar-refractivity contribution in [3.63, 3.8) is 0 Å². The van der Waals surface area contributed by atoms with Crippen molar-refractivity contribution >= 4 is 11.7 Å². The minimum atomic E-state index is -1.12. The standard InChI is InChI=1S/C10H8N4O4/c1-6-3-11-9(2-8(6)14(17)18)13-5-7(4-12-13)10(15)16/h2-5H,1H3,(H,15,16). The number of nitrogens with zero attached hydrogens (tertiary/aromatic N) is 4. The van der Waals surface area contributed by atoms with E-state index >= 15 is 0 Å². The lowest BCUT2D eigenvalue weighted by Gasteiger charge is -2.01. The smallest absolute Gasteiger partial charge is 0.338 e. The van der Waals surface area contributed by atoms with Gasteiger partial charge in [-0.2, -0.15) is 5.10 Å². The summed E-state index contributed by atoms with van der Waals surface area (Å²) < 4.78 is 1.18. The first-order valence-corrected chi connectivity index (χ1v) is 4.88. The van der Waals surface area contributed by atoms with Crippen LogP contribution in [0.15, 0.2) is 24.7 Å². The Morgan fingerprint density at radius 1 is 1.50 bits per heavy atom. The first kappa shape index (κ1) is 11.7. The maximum atomic E-state index is 10.8. The first-order chi connectivity index (χ1) is 8.49. The van der Waals surface area contributed by atoms with E-state index in [2.05, 4.69) is 10.1 Å². The highest BCUT2D eigenvalue weighted by Gasteiger charge is 2.14. The number of hydrogen-bond acceptors (Lipinski definition) is 5. The molecular weight excluding hydrogens is 240 g/mol. The second-order valence-corrected chi connectivity index (χ2v) is 3.56. The summed E-state index contributed by atoms with van der Waals surface area (Å²) in [6, 6.07) is 1.24. The Balaban J connectivity index is 2.47. The van der Waals surface area contributed by atoms with Gasteiger partial charge in [-0.25, -0.2) is 14.5 Å². The van der Waals surface area contributed by atoms with Crippen LogP contribution in [-0.4, -0.2) is 30.8 Å². The Bertz CT molecular complexity index is 635. The molecule has 0 saturated carbocycles. The normalized spacial score (nSPS) is 10.3. The molecule has 0 atom stereocenters. The van der Waals surface area contributed by atoms with E-state index in [1.807, 2.05) is 0 Å². The lowest BCUT2D eigenvalue weighted by molar-refractivity contribution is -0.385. The van der Waals surface area contributed by atoms with Crippen molar-refractivity contribution in [1.82, 2.24) is 14.8 Å². The minimum absolute atomic E-state index is 0.0139. The molecule has 0 aromatic carbocycles. The predicted octanol–water partition coefficient (Wildman–Crippen LogP) is 1.18. The monoisotopic (exact) mass is 248 g/mol. The van der Waals surface area contributed by atoms with Gasteiger partial charge in [0, 0.05) is 18.0 Å². The summed E-state index contributed by atoms with van der Waals surface area (Å²) in [6.07, 6.45) is 3.73. The third kappa shape index (κ3) is 2.03. The molecule has 0 unspecified atom stereocenters. The highest BCUT2D eigenvalue weighted by molar-refractivity contribution is 5.86. The Labute approximate surface area is 101 Å². The summed E-state index contributed by atoms with van der Waals surface area (Å²) in [4.78, 5) is 24.9. The fraction of sp³-hybridized carbons (Fsp3) is 0.100. The quantitative estimate of drug-likeness (QED) is 0.644. The molecule has 0 radical (unpaired) electrons. The molecule has 2 heterocycles. The lowest BCUT2D eigenvalue weighted by Crippen LogP contribution is -2.01. The number of aromatic nitrogens is 3. The number of aryl methyl sites for hydroxylation is 1. The largest absolute Gasteiger partial charge is 0.478 e. The van der Waals surface area contributed by atoms with Gasteiger partial charge in [0.15, 0.2) is 5.82 Å². The number of carboxylic acids is 1. The molecule has 0 spiro atoms. The highest BCUT2D eigenvalue weighted by atomic mass is 16.6. The zero-order valence-corrected chi connectivity index (χ0v) is 9.27. The number of carbonyl (C=O) groups is 1. The van der Waals surface area contributed by atoms with Gasteiger partial charge in [-0.1, -0.05) is 0 Å². The summed E-state index contributed by atoms with van der Waals surface area (Å²) in [6.45, 7) is 1.57. The summed E-state index contributed by atoms with van der Waals surface area (Å²) >= 11 is 0. The molecule has 2 aromatic rings. The van der Waals surface area contributed by atoms with Crippen molar-refractivity contribution in [3.8, 4) is 5.82 Å². The Hall–Kier alpha value is -2.77. The number of carboxylic acid groups (broad SMARTS) is 1. The van der Waals surface area contributed by atoms with E-state index in [-0.39, 0.29) is 17.1 Å². The van der Waals surface area contributed by atoms with Gasteiger partial charge in [-0.05, 0) is 6.92 Å². The van der Waals surface area contributed by atoms with Gasteiger partial charge in [0.05, 0.1) is 22.7 Å². The summed E-state index contributed by atoms with van der Waals surface area (Å²) in [7, 11) is 0. The molecular formula is C10H8N4O4. The predicted molar refractivity (Wildman–Crippen MR) is 59.7 cm³/mol. The summed E-state index contributed by atoms with van der Waals surface area (Å²) in [5.74, 6) is -0.928. The van der Waals surface area contributed by atoms with E-state index < -0.39 is 10.9 Å². The van der Waals surface area contributed by atoms with E-state index in [0.29, 0.717) is 5.56 Å². The van der Waals surface area contributed by atoms with Crippen molar-refractivity contribution in [3.05, 3.63) is 45.9 Å². The highest BCUT2D eigenvalue weighted by Crippen LogP contribution is 2.19. The molecule has 0 aliphatic carbocycles. The van der Waals surface area contributed by atoms with Crippen LogP contribution in [0.5, 0.6) is 0 Å². The molecule has 92 valence electrons. The molecule has 0 fully saturated rings. The van der Waals surface area contributed by atoms with Crippen LogP contribution >= 0.6 is 0 Å². The summed E-state index contributed by atoms with van der Waals surface area (Å²) in [5, 5.41) is 23.3. The Morgan fingerprint density at radius 2 is 2.22 bits per heavy atom. The Morgan fingerprint density at radius 3 is 2.78 bits per heavy atom. The number of pyridine rings is 1. The van der Waals surface area contributed by atoms with Crippen LogP contribution in [0.2, 0.25) is 0 Å². The topological polar surface area (TPSA) is 111 Å². The van der Waals surface area contributed by atoms with Crippen LogP contribution in [-0.2, 0) is 0 Å². The van der Waals surface area contributed by atoms with Crippen LogP contribution in [0, 0.1) is 17.0 Å². The average Bonchev–Trinajstić information content (AvgIpc) is 2.78.